The Morgan fingerprint density at radius 1 is 0.789 bits per heavy atom. The summed E-state index contributed by atoms with van der Waals surface area (Å²) in [5.74, 6) is -0.310. The lowest BCUT2D eigenvalue weighted by molar-refractivity contribution is -0.143. The van der Waals surface area contributed by atoms with Crippen LogP contribution in [0.5, 0.6) is 11.5 Å². The second kappa shape index (κ2) is 18.7. The molecule has 0 aliphatic heterocycles. The van der Waals surface area contributed by atoms with Crippen molar-refractivity contribution in [2.45, 2.75) is 59.4 Å². The molecule has 0 amide bonds. The number of methoxy groups -OCH3 is 1. The fraction of sp³-hybridized carbons (Fsp3) is 0.615. The average Bonchev–Trinajstić information content (AvgIpc) is 2.88. The molecule has 1 N–H and O–H groups in total. The third-order valence-corrected chi connectivity index (χ3v) is 4.80. The highest BCUT2D eigenvalue weighted by atomic mass is 16.7. The van der Waals surface area contributed by atoms with Crippen LogP contribution < -0.4 is 14.8 Å². The van der Waals surface area contributed by atoms with Crippen LogP contribution in [0.2, 0.25) is 0 Å². The second-order valence-electron chi connectivity index (χ2n) is 8.55. The Bertz CT molecular complexity index is 888. The van der Waals surface area contributed by atoms with Crippen LogP contribution in [0.3, 0.4) is 0 Å². The van der Waals surface area contributed by atoms with E-state index in [1.165, 1.54) is 19.2 Å². The van der Waals surface area contributed by atoms with E-state index in [1.54, 1.807) is 6.07 Å². The van der Waals surface area contributed by atoms with E-state index in [0.29, 0.717) is 24.3 Å². The average molecular weight is 542 g/mol. The van der Waals surface area contributed by atoms with Gasteiger partial charge in [0.25, 0.3) is 0 Å². The Kier molecular flexibility index (Phi) is 16.0. The first-order valence-electron chi connectivity index (χ1n) is 12.6. The molecule has 0 unspecified atom stereocenters. The third kappa shape index (κ3) is 13.7. The van der Waals surface area contributed by atoms with E-state index >= 15 is 0 Å². The van der Waals surface area contributed by atoms with Gasteiger partial charge in [-0.3, -0.25) is 4.79 Å². The maximum atomic E-state index is 12.3. The minimum atomic E-state index is -0.976. The number of esters is 1. The van der Waals surface area contributed by atoms with E-state index in [9.17, 15) is 19.2 Å². The Balaban J connectivity index is 2.86. The molecule has 0 saturated carbocycles. The summed E-state index contributed by atoms with van der Waals surface area (Å²) in [4.78, 5) is 47.9. The number of rotatable bonds is 16. The minimum Gasteiger partial charge on any atom is -0.468 e. The van der Waals surface area contributed by atoms with Gasteiger partial charge >= 0.3 is 24.4 Å². The van der Waals surface area contributed by atoms with Crippen molar-refractivity contribution in [2.24, 2.45) is 5.92 Å². The van der Waals surface area contributed by atoms with Crippen molar-refractivity contribution in [3.8, 4) is 11.5 Å². The van der Waals surface area contributed by atoms with Crippen LogP contribution in [0.15, 0.2) is 18.2 Å². The molecule has 0 aliphatic carbocycles. The number of hydrogen-bond donors (Lipinski definition) is 1. The summed E-state index contributed by atoms with van der Waals surface area (Å²) in [5.41, 5.74) is 0.550. The number of carbonyl (C=O) groups is 4. The van der Waals surface area contributed by atoms with Gasteiger partial charge in [-0.15, -0.1) is 0 Å². The van der Waals surface area contributed by atoms with Gasteiger partial charge in [0, 0.05) is 6.54 Å². The van der Waals surface area contributed by atoms with E-state index in [-0.39, 0.29) is 50.9 Å². The largest absolute Gasteiger partial charge is 0.513 e. The molecule has 0 spiro atoms. The topological polar surface area (TPSA) is 145 Å². The van der Waals surface area contributed by atoms with Crippen LogP contribution in [0, 0.1) is 5.92 Å². The molecule has 0 bridgehead atoms. The quantitative estimate of drug-likeness (QED) is 0.137. The van der Waals surface area contributed by atoms with Gasteiger partial charge in [-0.05, 0) is 49.3 Å². The summed E-state index contributed by atoms with van der Waals surface area (Å²) in [6.07, 6.45) is -0.678. The maximum absolute atomic E-state index is 12.3. The summed E-state index contributed by atoms with van der Waals surface area (Å²) in [6.45, 7) is 8.38. The van der Waals surface area contributed by atoms with E-state index < -0.39 is 30.5 Å². The van der Waals surface area contributed by atoms with Gasteiger partial charge in [-0.1, -0.05) is 33.8 Å². The molecular weight excluding hydrogens is 502 g/mol. The molecule has 12 heteroatoms. The Hall–Kier alpha value is -3.54. The predicted octanol–water partition coefficient (Wildman–Crippen LogP) is 4.41. The number of benzene rings is 1. The highest BCUT2D eigenvalue weighted by Crippen LogP contribution is 2.30. The van der Waals surface area contributed by atoms with Crippen LogP contribution in [0.1, 0.15) is 52.5 Å². The molecule has 0 aromatic heterocycles. The molecule has 38 heavy (non-hydrogen) atoms. The Labute approximate surface area is 223 Å². The normalized spacial score (nSPS) is 11.3. The van der Waals surface area contributed by atoms with Crippen molar-refractivity contribution >= 4 is 24.4 Å². The maximum Gasteiger partial charge on any atom is 0.513 e. The van der Waals surface area contributed by atoms with Crippen molar-refractivity contribution in [1.29, 1.82) is 0 Å². The van der Waals surface area contributed by atoms with Gasteiger partial charge in [0.05, 0.1) is 26.9 Å². The van der Waals surface area contributed by atoms with Gasteiger partial charge in [0.15, 0.2) is 11.5 Å². The Morgan fingerprint density at radius 2 is 1.37 bits per heavy atom. The number of hydrogen-bond acceptors (Lipinski definition) is 12. The first-order chi connectivity index (χ1) is 18.2. The third-order valence-electron chi connectivity index (χ3n) is 4.80. The molecule has 0 radical (unpaired) electrons. The van der Waals surface area contributed by atoms with Crippen LogP contribution in [0.25, 0.3) is 0 Å². The van der Waals surface area contributed by atoms with E-state index in [2.05, 4.69) is 5.32 Å². The molecule has 1 atom stereocenters. The second-order valence-corrected chi connectivity index (χ2v) is 8.55. The van der Waals surface area contributed by atoms with Gasteiger partial charge in [0.1, 0.15) is 12.6 Å². The lowest BCUT2D eigenvalue weighted by Gasteiger charge is -2.18. The molecule has 1 rings (SSSR count). The lowest BCUT2D eigenvalue weighted by Crippen LogP contribution is -2.41. The van der Waals surface area contributed by atoms with Crippen molar-refractivity contribution in [3.63, 3.8) is 0 Å². The van der Waals surface area contributed by atoms with Gasteiger partial charge in [-0.25, -0.2) is 14.4 Å². The first-order valence-corrected chi connectivity index (χ1v) is 12.6. The zero-order valence-electron chi connectivity index (χ0n) is 22.7. The summed E-state index contributed by atoms with van der Waals surface area (Å²) < 4.78 is 35.1. The van der Waals surface area contributed by atoms with Crippen molar-refractivity contribution in [3.05, 3.63) is 23.8 Å². The molecule has 0 saturated heterocycles. The molecule has 214 valence electrons. The molecule has 0 aliphatic rings. The highest BCUT2D eigenvalue weighted by Gasteiger charge is 2.22. The Morgan fingerprint density at radius 3 is 1.95 bits per heavy atom. The SMILES string of the molecule is CCCOC(=O)Oc1ccc(C[C@H](NCCOC(=O)OCCC(C)C)C(=O)OC)cc1OC(=O)OCCC. The molecule has 12 nitrogen and oxygen atoms in total. The molecule has 1 aromatic carbocycles. The molecular formula is C26H39NO11. The monoisotopic (exact) mass is 541 g/mol. The lowest BCUT2D eigenvalue weighted by atomic mass is 10.1. The fourth-order valence-corrected chi connectivity index (χ4v) is 2.86. The van der Waals surface area contributed by atoms with Crippen LogP contribution in [0.4, 0.5) is 14.4 Å². The molecule has 1 aromatic rings. The van der Waals surface area contributed by atoms with E-state index in [0.717, 1.165) is 6.42 Å². The van der Waals surface area contributed by atoms with E-state index in [4.69, 9.17) is 33.2 Å². The number of nitrogens with one attached hydrogen (secondary N) is 1. The summed E-state index contributed by atoms with van der Waals surface area (Å²) in [7, 11) is 1.25. The predicted molar refractivity (Wildman–Crippen MR) is 135 cm³/mol. The summed E-state index contributed by atoms with van der Waals surface area (Å²) >= 11 is 0. The fourth-order valence-electron chi connectivity index (χ4n) is 2.86. The number of ether oxygens (including phenoxy) is 7. The summed E-state index contributed by atoms with van der Waals surface area (Å²) in [6, 6.07) is 3.62. The van der Waals surface area contributed by atoms with Crippen LogP contribution in [-0.4, -0.2) is 70.6 Å². The minimum absolute atomic E-state index is 0.0295. The zero-order valence-corrected chi connectivity index (χ0v) is 22.7. The summed E-state index contributed by atoms with van der Waals surface area (Å²) in [5, 5.41) is 2.96. The molecule has 0 heterocycles. The zero-order chi connectivity index (χ0) is 28.3. The van der Waals surface area contributed by atoms with E-state index in [1.807, 2.05) is 27.7 Å². The molecule has 0 fully saturated rings. The number of carbonyl (C=O) groups excluding carboxylic acids is 4. The van der Waals surface area contributed by atoms with Crippen molar-refractivity contribution in [2.75, 3.05) is 40.1 Å². The van der Waals surface area contributed by atoms with Crippen LogP contribution in [-0.2, 0) is 34.9 Å². The standard InChI is InChI=1S/C26H39NO11/c1-6-12-33-25(30)37-21-9-8-19(17-22(21)38-26(31)34-13-7-2)16-20(23(28)32-5)27-11-15-36-24(29)35-14-10-18(3)4/h8-9,17-18,20,27H,6-7,10-16H2,1-5H3/t20-/m0/s1. The first kappa shape index (κ1) is 32.5. The van der Waals surface area contributed by atoms with Gasteiger partial charge in [0.2, 0.25) is 0 Å². The van der Waals surface area contributed by atoms with Crippen molar-refractivity contribution < 1.29 is 52.3 Å². The van der Waals surface area contributed by atoms with Crippen LogP contribution >= 0.6 is 0 Å². The van der Waals surface area contributed by atoms with Crippen molar-refractivity contribution in [1.82, 2.24) is 5.32 Å². The highest BCUT2D eigenvalue weighted by molar-refractivity contribution is 5.76. The smallest absolute Gasteiger partial charge is 0.468 e. The van der Waals surface area contributed by atoms with Gasteiger partial charge < -0.3 is 38.5 Å². The van der Waals surface area contributed by atoms with Gasteiger partial charge in [-0.2, -0.15) is 0 Å².